The van der Waals surface area contributed by atoms with Crippen molar-refractivity contribution in [2.24, 2.45) is 11.8 Å². The third-order valence-electron chi connectivity index (χ3n) is 13.0. The molecular formula is C50H67Cl2N8O5S+. The minimum atomic E-state index is -0.816. The molecule has 4 aromatic rings. The number of aryl methyl sites for hydroxylation is 1. The molecule has 13 nitrogen and oxygen atoms in total. The average Bonchev–Trinajstić information content (AvgIpc) is 3.32. The molecule has 2 saturated heterocycles. The first-order valence-corrected chi connectivity index (χ1v) is 24.5. The van der Waals surface area contributed by atoms with Crippen LogP contribution in [-0.4, -0.2) is 109 Å². The molecule has 0 saturated carbocycles. The maximum absolute atomic E-state index is 12.9. The van der Waals surface area contributed by atoms with E-state index in [1.54, 1.807) is 6.20 Å². The van der Waals surface area contributed by atoms with Crippen LogP contribution in [0.25, 0.3) is 0 Å². The highest BCUT2D eigenvalue weighted by atomic mass is 35.5. The second-order valence-electron chi connectivity index (χ2n) is 18.0. The van der Waals surface area contributed by atoms with E-state index in [2.05, 4.69) is 83.8 Å². The summed E-state index contributed by atoms with van der Waals surface area (Å²) in [6.45, 7) is 18.8. The van der Waals surface area contributed by atoms with Gasteiger partial charge in [0.1, 0.15) is 50.7 Å². The first-order chi connectivity index (χ1) is 31.6. The maximum atomic E-state index is 12.9. The fourth-order valence-corrected chi connectivity index (χ4v) is 9.05. The molecule has 66 heavy (non-hydrogen) atoms. The summed E-state index contributed by atoms with van der Waals surface area (Å²) in [6.07, 6.45) is 6.47. The predicted molar refractivity (Wildman–Crippen MR) is 267 cm³/mol. The fraction of sp³-hybridized carbons (Fsp3) is 0.520. The van der Waals surface area contributed by atoms with Crippen LogP contribution < -0.4 is 24.7 Å². The van der Waals surface area contributed by atoms with Crippen molar-refractivity contribution in [3.8, 4) is 17.6 Å². The lowest BCUT2D eigenvalue weighted by Crippen LogP contribution is -2.47. The van der Waals surface area contributed by atoms with Crippen molar-refractivity contribution in [2.45, 2.75) is 78.7 Å². The number of ether oxygens (including phenoxy) is 3. The molecule has 2 fully saturated rings. The molecule has 2 aliphatic heterocycles. The van der Waals surface area contributed by atoms with Gasteiger partial charge in [0, 0.05) is 81.2 Å². The Morgan fingerprint density at radius 2 is 1.71 bits per heavy atom. The number of nitrogens with zero attached hydrogens (tertiary/aromatic N) is 7. The summed E-state index contributed by atoms with van der Waals surface area (Å²) in [4.78, 5) is 29.4. The smallest absolute Gasteiger partial charge is 0.275 e. The summed E-state index contributed by atoms with van der Waals surface area (Å²) in [6, 6.07) is 20.2. The monoisotopic (exact) mass is 961 g/mol. The number of hydroxylamine groups is 1. The number of ketones is 1. The van der Waals surface area contributed by atoms with E-state index in [0.717, 1.165) is 125 Å². The lowest BCUT2D eigenvalue weighted by atomic mass is 9.77. The van der Waals surface area contributed by atoms with E-state index < -0.39 is 9.58 Å². The molecule has 2 unspecified atom stereocenters. The van der Waals surface area contributed by atoms with Crippen molar-refractivity contribution in [3.63, 3.8) is 0 Å². The summed E-state index contributed by atoms with van der Waals surface area (Å²) in [5.41, 5.74) is 8.65. The number of alkyl halides is 1. The van der Waals surface area contributed by atoms with Crippen molar-refractivity contribution in [1.82, 2.24) is 14.9 Å². The average molecular weight is 963 g/mol. The van der Waals surface area contributed by atoms with Crippen LogP contribution in [0.3, 0.4) is 0 Å². The highest BCUT2D eigenvalue weighted by Crippen LogP contribution is 2.39. The third kappa shape index (κ3) is 13.4. The number of benzene rings is 3. The largest absolute Gasteiger partial charge is 0.489 e. The van der Waals surface area contributed by atoms with Gasteiger partial charge in [-0.2, -0.15) is 20.9 Å². The number of carbonyl (C=O) groups excluding carboxylic acids is 1. The van der Waals surface area contributed by atoms with Crippen LogP contribution in [0.5, 0.6) is 11.5 Å². The quantitative estimate of drug-likeness (QED) is 0.0173. The van der Waals surface area contributed by atoms with Crippen LogP contribution >= 0.6 is 36.0 Å². The summed E-state index contributed by atoms with van der Waals surface area (Å²) in [5, 5.41) is 20.5. The van der Waals surface area contributed by atoms with Crippen LogP contribution in [0.2, 0.25) is 5.02 Å². The Morgan fingerprint density at radius 3 is 2.36 bits per heavy atom. The lowest BCUT2D eigenvalue weighted by molar-refractivity contribution is -0.955. The summed E-state index contributed by atoms with van der Waals surface area (Å²) < 4.78 is 17.3. The minimum absolute atomic E-state index is 0.0489. The van der Waals surface area contributed by atoms with Crippen LogP contribution in [0.4, 0.5) is 17.5 Å². The number of carbonyl (C=O) groups is 1. The van der Waals surface area contributed by atoms with Gasteiger partial charge in [-0.1, -0.05) is 58.4 Å². The zero-order valence-electron chi connectivity index (χ0n) is 39.4. The number of hydrogen-bond acceptors (Lipinski definition) is 13. The van der Waals surface area contributed by atoms with Gasteiger partial charge in [0.2, 0.25) is 0 Å². The molecule has 16 heteroatoms. The number of quaternary nitrogens is 1. The zero-order chi connectivity index (χ0) is 47.4. The van der Waals surface area contributed by atoms with E-state index in [0.29, 0.717) is 28.0 Å². The van der Waals surface area contributed by atoms with Crippen molar-refractivity contribution >= 4 is 59.3 Å². The summed E-state index contributed by atoms with van der Waals surface area (Å²) in [7, 11) is 1.47. The minimum Gasteiger partial charge on any atom is -0.489 e. The highest BCUT2D eigenvalue weighted by molar-refractivity contribution is 7.74. The molecule has 0 aliphatic carbocycles. The number of aromatic nitrogens is 2. The van der Waals surface area contributed by atoms with Crippen molar-refractivity contribution in [2.75, 3.05) is 93.8 Å². The third-order valence-corrected chi connectivity index (χ3v) is 13.5. The molecule has 3 heterocycles. The number of nitrogens with one attached hydrogen (secondary N) is 1. The molecule has 0 radical (unpaired) electrons. The van der Waals surface area contributed by atoms with E-state index in [1.165, 1.54) is 12.7 Å². The second kappa shape index (κ2) is 23.6. The number of nitriles is 1. The standard InChI is InChI=1S/C50H67Cl2N8O5S/c1-7-35(3)46(61)44-14-11-42(30-37(44)8-2)58-23-21-57(22-24-58)25-28-63-26-17-36-15-19-59(20-16-36)48-39(33-54-49(55-48)56-60(6,62)66)34-65-43-12-9-40(10-13-43)50(4,5)41-29-38(32-53)47(45(52)31-41)64-27-18-51/h9-14,29-31,33,35-36,62,66H,7-8,15-28,34H2,1-6H3,(H,54,55,56)/q+1. The Hall–Kier alpha value is -4.33. The van der Waals surface area contributed by atoms with E-state index in [1.807, 2.05) is 49.4 Å². The van der Waals surface area contributed by atoms with Crippen LogP contribution in [0, 0.1) is 23.2 Å². The van der Waals surface area contributed by atoms with Crippen molar-refractivity contribution in [1.29, 1.82) is 5.26 Å². The Morgan fingerprint density at radius 1 is 0.985 bits per heavy atom. The molecule has 2 aliphatic rings. The molecule has 6 rings (SSSR count). The van der Waals surface area contributed by atoms with E-state index >= 15 is 0 Å². The van der Waals surface area contributed by atoms with Gasteiger partial charge in [0.05, 0.1) is 28.6 Å². The number of thiol groups is 1. The number of halogens is 2. The first-order valence-electron chi connectivity index (χ1n) is 23.2. The van der Waals surface area contributed by atoms with E-state index in [-0.39, 0.29) is 36.7 Å². The van der Waals surface area contributed by atoms with Crippen molar-refractivity contribution < 1.29 is 28.4 Å². The van der Waals surface area contributed by atoms with Gasteiger partial charge >= 0.3 is 0 Å². The van der Waals surface area contributed by atoms with E-state index in [9.17, 15) is 15.3 Å². The van der Waals surface area contributed by atoms with Gasteiger partial charge in [-0.25, -0.2) is 4.98 Å². The number of hydrogen-bond donors (Lipinski definition) is 3. The number of Topliss-reactive ketones (excluding diaryl/α,β-unsaturated/α-hetero) is 1. The van der Waals surface area contributed by atoms with E-state index in [4.69, 9.17) is 42.4 Å². The zero-order valence-corrected chi connectivity index (χ0v) is 41.8. The number of rotatable bonds is 22. The number of piperidine rings is 1. The highest BCUT2D eigenvalue weighted by Gasteiger charge is 2.28. The van der Waals surface area contributed by atoms with Gasteiger partial charge in [-0.05, 0) is 101 Å². The molecule has 356 valence electrons. The maximum Gasteiger partial charge on any atom is 0.275 e. The summed E-state index contributed by atoms with van der Waals surface area (Å²) >= 11 is 16.5. The molecule has 0 bridgehead atoms. The molecule has 2 N–H and O–H groups in total. The lowest BCUT2D eigenvalue weighted by Gasteiger charge is -2.36. The number of anilines is 3. The normalized spacial score (nSPS) is 16.4. The molecule has 3 aromatic carbocycles. The van der Waals surface area contributed by atoms with Gasteiger partial charge in [-0.3, -0.25) is 9.69 Å². The summed E-state index contributed by atoms with van der Waals surface area (Å²) in [5.74, 6) is 3.17. The Labute approximate surface area is 407 Å². The molecule has 1 aromatic heterocycles. The van der Waals surface area contributed by atoms with Crippen LogP contribution in [-0.2, 0) is 23.2 Å². The fourth-order valence-electron chi connectivity index (χ4n) is 8.61. The Bertz CT molecular complexity index is 2270. The van der Waals surface area contributed by atoms with Gasteiger partial charge < -0.3 is 24.0 Å². The SMILES string of the molecule is CCc1cc(N2CCN(CCOCCC3CCN(c4nc(N[N+](C)(O)S)ncc4COc4ccc(C(C)(C)c5cc(Cl)c(OCCCl)c(C#N)c5)cc4)CC3)CC2)ccc1C(=O)C(C)CC. The van der Waals surface area contributed by atoms with Gasteiger partial charge in [0.25, 0.3) is 5.95 Å². The molecule has 0 amide bonds. The number of piperazine rings is 1. The second-order valence-corrected chi connectivity index (χ2v) is 19.6. The molecule has 2 atom stereocenters. The molecule has 0 spiro atoms. The van der Waals surface area contributed by atoms with Crippen LogP contribution in [0.15, 0.2) is 60.8 Å². The van der Waals surface area contributed by atoms with Gasteiger partial charge in [-0.15, -0.1) is 11.6 Å². The Kier molecular flexibility index (Phi) is 18.3. The molecular weight excluding hydrogens is 896 g/mol. The predicted octanol–water partition coefficient (Wildman–Crippen LogP) is 9.77. The van der Waals surface area contributed by atoms with Crippen LogP contribution in [0.1, 0.15) is 98.5 Å². The van der Waals surface area contributed by atoms with Gasteiger partial charge in [0.15, 0.2) is 11.5 Å². The topological polar surface area (TPSA) is 136 Å². The Balaban J connectivity index is 0.974. The first kappa shape index (κ1) is 51.1. The van der Waals surface area contributed by atoms with Crippen molar-refractivity contribution in [3.05, 3.63) is 99.2 Å².